The molecule has 0 aromatic rings. The zero-order valence-electron chi connectivity index (χ0n) is 11.3. The number of sulfone groups is 1. The minimum Gasteiger partial charge on any atom is -0.314 e. The first-order valence-corrected chi connectivity index (χ1v) is 8.73. The van der Waals surface area contributed by atoms with Crippen molar-refractivity contribution in [2.75, 3.05) is 57.8 Å². The number of piperazine rings is 1. The maximum Gasteiger partial charge on any atom is 0.150 e. The van der Waals surface area contributed by atoms with Crippen LogP contribution in [0.15, 0.2) is 0 Å². The SMILES string of the molecule is CN(CCN1CCNCC1)C1CCS(=O)(=O)CC1. The van der Waals surface area contributed by atoms with E-state index in [1.54, 1.807) is 0 Å². The number of nitrogens with zero attached hydrogens (tertiary/aromatic N) is 2. The van der Waals surface area contributed by atoms with E-state index in [1.807, 2.05) is 0 Å². The van der Waals surface area contributed by atoms with E-state index in [2.05, 4.69) is 22.2 Å². The smallest absolute Gasteiger partial charge is 0.150 e. The van der Waals surface area contributed by atoms with Crippen molar-refractivity contribution in [3.05, 3.63) is 0 Å². The van der Waals surface area contributed by atoms with Gasteiger partial charge in [0.2, 0.25) is 0 Å². The average molecular weight is 275 g/mol. The summed E-state index contributed by atoms with van der Waals surface area (Å²) in [4.78, 5) is 4.82. The molecule has 0 bridgehead atoms. The monoisotopic (exact) mass is 275 g/mol. The van der Waals surface area contributed by atoms with Gasteiger partial charge < -0.3 is 10.2 Å². The molecule has 0 amide bonds. The second-order valence-electron chi connectivity index (χ2n) is 5.46. The molecular formula is C12H25N3O2S. The lowest BCUT2D eigenvalue weighted by atomic mass is 10.1. The van der Waals surface area contributed by atoms with Crippen LogP contribution in [0.4, 0.5) is 0 Å². The maximum atomic E-state index is 11.4. The molecule has 0 aromatic carbocycles. The van der Waals surface area contributed by atoms with Crippen LogP contribution in [0, 0.1) is 0 Å². The van der Waals surface area contributed by atoms with Crippen molar-refractivity contribution in [1.29, 1.82) is 0 Å². The quantitative estimate of drug-likeness (QED) is 0.742. The van der Waals surface area contributed by atoms with E-state index in [4.69, 9.17) is 0 Å². The molecule has 0 aromatic heterocycles. The minimum absolute atomic E-state index is 0.371. The van der Waals surface area contributed by atoms with E-state index in [1.165, 1.54) is 0 Å². The van der Waals surface area contributed by atoms with Crippen molar-refractivity contribution in [2.24, 2.45) is 0 Å². The highest BCUT2D eigenvalue weighted by atomic mass is 32.2. The number of hydrogen-bond donors (Lipinski definition) is 1. The zero-order valence-corrected chi connectivity index (χ0v) is 12.1. The second kappa shape index (κ2) is 6.32. The molecule has 0 atom stereocenters. The van der Waals surface area contributed by atoms with Gasteiger partial charge in [0.15, 0.2) is 0 Å². The van der Waals surface area contributed by atoms with E-state index < -0.39 is 9.84 Å². The predicted molar refractivity (Wildman–Crippen MR) is 73.6 cm³/mol. The number of nitrogens with one attached hydrogen (secondary N) is 1. The summed E-state index contributed by atoms with van der Waals surface area (Å²) in [6.45, 7) is 6.59. The summed E-state index contributed by atoms with van der Waals surface area (Å²) >= 11 is 0. The third-order valence-corrected chi connectivity index (χ3v) is 5.84. The molecule has 0 spiro atoms. The van der Waals surface area contributed by atoms with Crippen LogP contribution < -0.4 is 5.32 Å². The summed E-state index contributed by atoms with van der Waals surface area (Å²) in [7, 11) is -0.600. The Hall–Kier alpha value is -0.170. The Labute approximate surface area is 110 Å². The maximum absolute atomic E-state index is 11.4. The highest BCUT2D eigenvalue weighted by molar-refractivity contribution is 7.91. The van der Waals surface area contributed by atoms with Crippen LogP contribution in [0.1, 0.15) is 12.8 Å². The Balaban J connectivity index is 1.69. The Bertz CT molecular complexity index is 338. The minimum atomic E-state index is -2.73. The van der Waals surface area contributed by atoms with Gasteiger partial charge in [-0.3, -0.25) is 4.90 Å². The van der Waals surface area contributed by atoms with E-state index >= 15 is 0 Å². The highest BCUT2D eigenvalue weighted by Gasteiger charge is 2.26. The average Bonchev–Trinajstić information content (AvgIpc) is 2.37. The van der Waals surface area contributed by atoms with Crippen molar-refractivity contribution in [3.63, 3.8) is 0 Å². The van der Waals surface area contributed by atoms with Crippen LogP contribution >= 0.6 is 0 Å². The van der Waals surface area contributed by atoms with Crippen LogP contribution in [0.5, 0.6) is 0 Å². The zero-order chi connectivity index (χ0) is 13.0. The van der Waals surface area contributed by atoms with Gasteiger partial charge in [0, 0.05) is 45.3 Å². The van der Waals surface area contributed by atoms with Crippen LogP contribution in [-0.4, -0.2) is 82.1 Å². The largest absolute Gasteiger partial charge is 0.314 e. The van der Waals surface area contributed by atoms with Gasteiger partial charge in [-0.15, -0.1) is 0 Å². The molecule has 0 aliphatic carbocycles. The van der Waals surface area contributed by atoms with Crippen LogP contribution in [-0.2, 0) is 9.84 Å². The molecule has 2 fully saturated rings. The molecule has 2 heterocycles. The molecule has 5 nitrogen and oxygen atoms in total. The number of hydrogen-bond acceptors (Lipinski definition) is 5. The summed E-state index contributed by atoms with van der Waals surface area (Å²) in [5, 5.41) is 3.35. The third-order valence-electron chi connectivity index (χ3n) is 4.13. The van der Waals surface area contributed by atoms with Gasteiger partial charge in [0.1, 0.15) is 9.84 Å². The number of likely N-dealkylation sites (N-methyl/N-ethyl adjacent to an activating group) is 1. The molecule has 0 saturated carbocycles. The normalized spacial score (nSPS) is 26.6. The van der Waals surface area contributed by atoms with E-state index in [-0.39, 0.29) is 0 Å². The molecular weight excluding hydrogens is 250 g/mol. The Kier molecular flexibility index (Phi) is 5.00. The van der Waals surface area contributed by atoms with Gasteiger partial charge in [-0.1, -0.05) is 0 Å². The van der Waals surface area contributed by atoms with Crippen molar-refractivity contribution in [3.8, 4) is 0 Å². The Morgan fingerprint density at radius 2 is 1.83 bits per heavy atom. The van der Waals surface area contributed by atoms with Gasteiger partial charge in [0.05, 0.1) is 11.5 Å². The lowest BCUT2D eigenvalue weighted by molar-refractivity contribution is 0.170. The van der Waals surface area contributed by atoms with Crippen molar-refractivity contribution in [1.82, 2.24) is 15.1 Å². The first-order valence-electron chi connectivity index (χ1n) is 6.90. The molecule has 6 heteroatoms. The molecule has 0 radical (unpaired) electrons. The first-order chi connectivity index (χ1) is 8.57. The van der Waals surface area contributed by atoms with Crippen molar-refractivity contribution < 1.29 is 8.42 Å². The number of rotatable bonds is 4. The fraction of sp³-hybridized carbons (Fsp3) is 1.00. The molecule has 2 aliphatic rings. The van der Waals surface area contributed by atoms with Crippen LogP contribution in [0.2, 0.25) is 0 Å². The molecule has 2 rings (SSSR count). The van der Waals surface area contributed by atoms with E-state index in [0.717, 1.165) is 52.1 Å². The summed E-state index contributed by atoms with van der Waals surface area (Å²) in [5.74, 6) is 0.741. The predicted octanol–water partition coefficient (Wildman–Crippen LogP) is -0.599. The van der Waals surface area contributed by atoms with Crippen molar-refractivity contribution in [2.45, 2.75) is 18.9 Å². The van der Waals surface area contributed by atoms with Gasteiger partial charge in [-0.05, 0) is 19.9 Å². The fourth-order valence-electron chi connectivity index (χ4n) is 2.73. The molecule has 2 saturated heterocycles. The van der Waals surface area contributed by atoms with Gasteiger partial charge >= 0.3 is 0 Å². The first kappa shape index (κ1) is 14.2. The fourth-order valence-corrected chi connectivity index (χ4v) is 4.20. The van der Waals surface area contributed by atoms with Gasteiger partial charge in [-0.25, -0.2) is 8.42 Å². The lowest BCUT2D eigenvalue weighted by Gasteiger charge is -2.34. The highest BCUT2D eigenvalue weighted by Crippen LogP contribution is 2.16. The molecule has 18 heavy (non-hydrogen) atoms. The standard InChI is InChI=1S/C12H25N3O2S/c1-14(8-9-15-6-4-13-5-7-15)12-2-10-18(16,17)11-3-12/h12-13H,2-11H2,1H3. The molecule has 106 valence electrons. The molecule has 0 unspecified atom stereocenters. The van der Waals surface area contributed by atoms with E-state index in [0.29, 0.717) is 17.5 Å². The summed E-state index contributed by atoms with van der Waals surface area (Å²) in [6.07, 6.45) is 1.61. The molecule has 2 aliphatic heterocycles. The topological polar surface area (TPSA) is 52.6 Å². The summed E-state index contributed by atoms with van der Waals surface area (Å²) in [6, 6.07) is 0.455. The molecule has 1 N–H and O–H groups in total. The second-order valence-corrected chi connectivity index (χ2v) is 7.76. The summed E-state index contributed by atoms with van der Waals surface area (Å²) < 4.78 is 22.8. The third kappa shape index (κ3) is 4.19. The Morgan fingerprint density at radius 3 is 2.44 bits per heavy atom. The van der Waals surface area contributed by atoms with Gasteiger partial charge in [0.25, 0.3) is 0 Å². The van der Waals surface area contributed by atoms with Gasteiger partial charge in [-0.2, -0.15) is 0 Å². The van der Waals surface area contributed by atoms with Crippen LogP contribution in [0.25, 0.3) is 0 Å². The van der Waals surface area contributed by atoms with Crippen molar-refractivity contribution >= 4 is 9.84 Å². The lowest BCUT2D eigenvalue weighted by Crippen LogP contribution is -2.47. The summed E-state index contributed by atoms with van der Waals surface area (Å²) in [5.41, 5.74) is 0. The van der Waals surface area contributed by atoms with Crippen LogP contribution in [0.3, 0.4) is 0 Å². The van der Waals surface area contributed by atoms with E-state index in [9.17, 15) is 8.42 Å². The Morgan fingerprint density at radius 1 is 1.22 bits per heavy atom.